The van der Waals surface area contributed by atoms with Crippen molar-refractivity contribution in [3.8, 4) is 11.4 Å². The summed E-state index contributed by atoms with van der Waals surface area (Å²) in [6, 6.07) is 6.10. The van der Waals surface area contributed by atoms with Gasteiger partial charge >= 0.3 is 0 Å². The first-order valence-electron chi connectivity index (χ1n) is 7.19. The zero-order valence-electron chi connectivity index (χ0n) is 13.1. The van der Waals surface area contributed by atoms with E-state index in [-0.39, 0.29) is 28.9 Å². The first-order chi connectivity index (χ1) is 11.5. The van der Waals surface area contributed by atoms with E-state index in [4.69, 9.17) is 11.6 Å². The van der Waals surface area contributed by atoms with E-state index in [9.17, 15) is 9.18 Å². The van der Waals surface area contributed by atoms with E-state index >= 15 is 0 Å². The van der Waals surface area contributed by atoms with E-state index in [2.05, 4.69) is 20.3 Å². The molecular weight excluding hydrogens is 333 g/mol. The number of aromatic amines is 1. The Morgan fingerprint density at radius 1 is 1.38 bits per heavy atom. The highest BCUT2D eigenvalue weighted by molar-refractivity contribution is 6.33. The average molecular weight is 348 g/mol. The molecule has 24 heavy (non-hydrogen) atoms. The molecule has 0 spiro atoms. The van der Waals surface area contributed by atoms with Crippen LogP contribution in [0, 0.1) is 5.82 Å². The molecule has 0 unspecified atom stereocenters. The molecule has 0 bridgehead atoms. The van der Waals surface area contributed by atoms with Crippen molar-refractivity contribution < 1.29 is 9.18 Å². The SMILES string of the molecule is CN(C)CC(=O)Nc1nccc2nc(-c3c(F)cccc3Cl)[nH]c12. The fourth-order valence-corrected chi connectivity index (χ4v) is 2.58. The molecule has 0 aliphatic carbocycles. The quantitative estimate of drug-likeness (QED) is 0.761. The summed E-state index contributed by atoms with van der Waals surface area (Å²) in [5.74, 6) is -0.0671. The molecule has 3 aromatic rings. The van der Waals surface area contributed by atoms with Crippen LogP contribution in [0.5, 0.6) is 0 Å². The minimum absolute atomic E-state index is 0.181. The van der Waals surface area contributed by atoms with E-state index in [1.54, 1.807) is 31.1 Å². The number of carbonyl (C=O) groups is 1. The van der Waals surface area contributed by atoms with Crippen molar-refractivity contribution in [3.63, 3.8) is 0 Å². The number of rotatable bonds is 4. The predicted molar refractivity (Wildman–Crippen MR) is 91.5 cm³/mol. The van der Waals surface area contributed by atoms with Gasteiger partial charge in [0.15, 0.2) is 5.82 Å². The fraction of sp³-hybridized carbons (Fsp3) is 0.188. The Morgan fingerprint density at radius 2 is 2.17 bits per heavy atom. The fourth-order valence-electron chi connectivity index (χ4n) is 2.33. The molecule has 0 fully saturated rings. The van der Waals surface area contributed by atoms with Gasteiger partial charge in [0, 0.05) is 6.20 Å². The van der Waals surface area contributed by atoms with Crippen LogP contribution in [0.1, 0.15) is 0 Å². The number of amides is 1. The predicted octanol–water partition coefficient (Wildman–Crippen LogP) is 2.92. The lowest BCUT2D eigenvalue weighted by Gasteiger charge is -2.09. The number of benzene rings is 1. The molecule has 8 heteroatoms. The maximum atomic E-state index is 14.1. The van der Waals surface area contributed by atoms with Crippen molar-refractivity contribution in [2.24, 2.45) is 0 Å². The number of imidazole rings is 1. The van der Waals surface area contributed by atoms with Gasteiger partial charge in [-0.2, -0.15) is 0 Å². The highest BCUT2D eigenvalue weighted by Crippen LogP contribution is 2.31. The van der Waals surface area contributed by atoms with E-state index in [1.807, 2.05) is 0 Å². The third-order valence-electron chi connectivity index (χ3n) is 3.32. The number of anilines is 1. The lowest BCUT2D eigenvalue weighted by atomic mass is 10.2. The average Bonchev–Trinajstić information content (AvgIpc) is 2.90. The second-order valence-corrected chi connectivity index (χ2v) is 5.93. The molecule has 1 amide bonds. The number of nitrogens with one attached hydrogen (secondary N) is 2. The molecule has 0 radical (unpaired) electrons. The van der Waals surface area contributed by atoms with Crippen LogP contribution in [0.15, 0.2) is 30.5 Å². The van der Waals surface area contributed by atoms with Gasteiger partial charge in [0.1, 0.15) is 17.2 Å². The number of carbonyl (C=O) groups excluding carboxylic acids is 1. The summed E-state index contributed by atoms with van der Waals surface area (Å²) in [5.41, 5.74) is 1.25. The smallest absolute Gasteiger partial charge is 0.239 e. The molecule has 0 aliphatic rings. The van der Waals surface area contributed by atoms with Crippen LogP contribution in [-0.4, -0.2) is 46.4 Å². The van der Waals surface area contributed by atoms with E-state index in [1.165, 1.54) is 18.3 Å². The topological polar surface area (TPSA) is 73.9 Å². The molecule has 0 saturated carbocycles. The Hall–Kier alpha value is -2.51. The standard InChI is InChI=1S/C16H15ClFN5O/c1-23(2)8-12(24)21-16-14-11(6-7-19-16)20-15(22-14)13-9(17)4-3-5-10(13)18/h3-7H,8H2,1-2H3,(H,20,22)(H,19,21,24). The summed E-state index contributed by atoms with van der Waals surface area (Å²) < 4.78 is 14.1. The lowest BCUT2D eigenvalue weighted by molar-refractivity contribution is -0.116. The Labute approximate surface area is 142 Å². The summed E-state index contributed by atoms with van der Waals surface area (Å²) >= 11 is 6.08. The molecule has 3 rings (SSSR count). The minimum Gasteiger partial charge on any atom is -0.335 e. The molecule has 0 aliphatic heterocycles. The van der Waals surface area contributed by atoms with Crippen LogP contribution in [0.25, 0.3) is 22.4 Å². The molecular formula is C16H15ClFN5O. The number of hydrogen-bond donors (Lipinski definition) is 2. The van der Waals surface area contributed by atoms with Crippen molar-refractivity contribution in [1.82, 2.24) is 19.9 Å². The van der Waals surface area contributed by atoms with Gasteiger partial charge in [-0.25, -0.2) is 14.4 Å². The van der Waals surface area contributed by atoms with Crippen LogP contribution in [-0.2, 0) is 4.79 Å². The third-order valence-corrected chi connectivity index (χ3v) is 3.64. The second kappa shape index (κ2) is 6.54. The number of likely N-dealkylation sites (N-methyl/N-ethyl adjacent to an activating group) is 1. The highest BCUT2D eigenvalue weighted by atomic mass is 35.5. The van der Waals surface area contributed by atoms with Crippen molar-refractivity contribution in [2.45, 2.75) is 0 Å². The Morgan fingerprint density at radius 3 is 2.88 bits per heavy atom. The summed E-state index contributed by atoms with van der Waals surface area (Å²) in [7, 11) is 3.59. The minimum atomic E-state index is -0.479. The molecule has 2 heterocycles. The van der Waals surface area contributed by atoms with Crippen molar-refractivity contribution in [3.05, 3.63) is 41.3 Å². The van der Waals surface area contributed by atoms with Gasteiger partial charge < -0.3 is 15.2 Å². The largest absolute Gasteiger partial charge is 0.335 e. The number of nitrogens with zero attached hydrogens (tertiary/aromatic N) is 3. The monoisotopic (exact) mass is 347 g/mol. The van der Waals surface area contributed by atoms with Gasteiger partial charge in [-0.05, 0) is 32.3 Å². The maximum absolute atomic E-state index is 14.1. The number of halogens is 2. The van der Waals surface area contributed by atoms with Gasteiger partial charge in [0.05, 0.1) is 22.6 Å². The summed E-state index contributed by atoms with van der Waals surface area (Å²) in [6.07, 6.45) is 1.53. The van der Waals surface area contributed by atoms with Crippen LogP contribution >= 0.6 is 11.6 Å². The zero-order chi connectivity index (χ0) is 17.3. The van der Waals surface area contributed by atoms with Crippen molar-refractivity contribution in [1.29, 1.82) is 0 Å². The van der Waals surface area contributed by atoms with Crippen LogP contribution < -0.4 is 5.32 Å². The Kier molecular flexibility index (Phi) is 4.46. The summed E-state index contributed by atoms with van der Waals surface area (Å²) in [6.45, 7) is 0.220. The molecule has 2 N–H and O–H groups in total. The van der Waals surface area contributed by atoms with Gasteiger partial charge in [-0.15, -0.1) is 0 Å². The highest BCUT2D eigenvalue weighted by Gasteiger charge is 2.16. The number of aromatic nitrogens is 3. The zero-order valence-corrected chi connectivity index (χ0v) is 13.9. The second-order valence-electron chi connectivity index (χ2n) is 5.52. The van der Waals surface area contributed by atoms with Gasteiger partial charge in [0.2, 0.25) is 5.91 Å². The number of fused-ring (bicyclic) bond motifs is 1. The molecule has 6 nitrogen and oxygen atoms in total. The summed E-state index contributed by atoms with van der Waals surface area (Å²) in [4.78, 5) is 25.2. The van der Waals surface area contributed by atoms with Crippen LogP contribution in [0.2, 0.25) is 5.02 Å². The van der Waals surface area contributed by atoms with Crippen molar-refractivity contribution >= 4 is 34.4 Å². The molecule has 0 saturated heterocycles. The van der Waals surface area contributed by atoms with E-state index in [0.717, 1.165) is 0 Å². The molecule has 124 valence electrons. The van der Waals surface area contributed by atoms with Gasteiger partial charge in [-0.1, -0.05) is 17.7 Å². The first kappa shape index (κ1) is 16.4. The van der Waals surface area contributed by atoms with E-state index < -0.39 is 5.82 Å². The first-order valence-corrected chi connectivity index (χ1v) is 7.57. The number of pyridine rings is 1. The Bertz CT molecular complexity index is 888. The Balaban J connectivity index is 2.03. The number of hydrogen-bond acceptors (Lipinski definition) is 4. The van der Waals surface area contributed by atoms with Gasteiger partial charge in [-0.3, -0.25) is 4.79 Å². The third kappa shape index (κ3) is 3.22. The normalized spacial score (nSPS) is 11.2. The van der Waals surface area contributed by atoms with Crippen molar-refractivity contribution in [2.75, 3.05) is 26.0 Å². The number of H-pyrrole nitrogens is 1. The van der Waals surface area contributed by atoms with E-state index in [0.29, 0.717) is 16.9 Å². The molecule has 1 aromatic carbocycles. The van der Waals surface area contributed by atoms with Crippen LogP contribution in [0.3, 0.4) is 0 Å². The molecule has 2 aromatic heterocycles. The van der Waals surface area contributed by atoms with Gasteiger partial charge in [0.25, 0.3) is 0 Å². The summed E-state index contributed by atoms with van der Waals surface area (Å²) in [5, 5.41) is 2.97. The lowest BCUT2D eigenvalue weighted by Crippen LogP contribution is -2.27. The maximum Gasteiger partial charge on any atom is 0.239 e. The van der Waals surface area contributed by atoms with Crippen LogP contribution in [0.4, 0.5) is 10.2 Å². The molecule has 0 atom stereocenters.